The van der Waals surface area contributed by atoms with E-state index in [2.05, 4.69) is 5.32 Å². The number of carbonyl (C=O) groups excluding carboxylic acids is 2. The number of carboxylic acid groups (broad SMARTS) is 1. The highest BCUT2D eigenvalue weighted by Crippen LogP contribution is 2.21. The van der Waals surface area contributed by atoms with Crippen LogP contribution in [0.15, 0.2) is 0 Å². The van der Waals surface area contributed by atoms with Gasteiger partial charge in [-0.2, -0.15) is 4.90 Å². The number of fused-ring (bicyclic) bond motifs is 1. The second-order valence-corrected chi connectivity index (χ2v) is 3.16. The largest absolute Gasteiger partial charge is 0.464 e. The predicted octanol–water partition coefficient (Wildman–Crippen LogP) is -0.769. The number of amides is 4. The van der Waals surface area contributed by atoms with Crippen LogP contribution in [0.5, 0.6) is 0 Å². The summed E-state index contributed by atoms with van der Waals surface area (Å²) in [6, 6.07) is -1.28. The average molecular weight is 200 g/mol. The summed E-state index contributed by atoms with van der Waals surface area (Å²) >= 11 is 0. The van der Waals surface area contributed by atoms with E-state index >= 15 is 0 Å². The van der Waals surface area contributed by atoms with Crippen LogP contribution in [-0.2, 0) is 9.53 Å². The van der Waals surface area contributed by atoms with Gasteiger partial charge in [0.1, 0.15) is 0 Å². The second-order valence-electron chi connectivity index (χ2n) is 3.16. The molecule has 0 aromatic rings. The average Bonchev–Trinajstić information content (AvgIpc) is 2.50. The number of nitrogens with one attached hydrogen (secondary N) is 1. The summed E-state index contributed by atoms with van der Waals surface area (Å²) in [4.78, 5) is 33.4. The lowest BCUT2D eigenvalue weighted by Crippen LogP contribution is -2.61. The summed E-state index contributed by atoms with van der Waals surface area (Å²) in [5, 5.41) is 11.0. The zero-order chi connectivity index (χ0) is 10.3. The highest BCUT2D eigenvalue weighted by atomic mass is 16.5. The SMILES string of the molecule is O=C(O)N1C(=O)NC2COCC2C1=O. The number of nitrogens with zero attached hydrogens (tertiary/aromatic N) is 1. The smallest absolute Gasteiger partial charge is 0.422 e. The van der Waals surface area contributed by atoms with Crippen molar-refractivity contribution in [1.82, 2.24) is 10.2 Å². The minimum absolute atomic E-state index is 0.160. The van der Waals surface area contributed by atoms with E-state index in [0.29, 0.717) is 0 Å². The van der Waals surface area contributed by atoms with Crippen molar-refractivity contribution in [3.8, 4) is 0 Å². The van der Waals surface area contributed by atoms with E-state index in [1.165, 1.54) is 0 Å². The monoisotopic (exact) mass is 200 g/mol. The zero-order valence-electron chi connectivity index (χ0n) is 7.10. The van der Waals surface area contributed by atoms with Crippen LogP contribution in [0.4, 0.5) is 9.59 Å². The van der Waals surface area contributed by atoms with Gasteiger partial charge in [-0.25, -0.2) is 9.59 Å². The van der Waals surface area contributed by atoms with E-state index in [-0.39, 0.29) is 24.2 Å². The maximum atomic E-state index is 11.5. The molecule has 2 rings (SSSR count). The van der Waals surface area contributed by atoms with Gasteiger partial charge < -0.3 is 15.2 Å². The Labute approximate surface area is 78.6 Å². The van der Waals surface area contributed by atoms with Crippen molar-refractivity contribution in [2.75, 3.05) is 13.2 Å². The lowest BCUT2D eigenvalue weighted by atomic mass is 10.0. The van der Waals surface area contributed by atoms with Crippen molar-refractivity contribution in [3.63, 3.8) is 0 Å². The van der Waals surface area contributed by atoms with Crippen LogP contribution >= 0.6 is 0 Å². The van der Waals surface area contributed by atoms with Gasteiger partial charge in [-0.05, 0) is 0 Å². The first-order valence-electron chi connectivity index (χ1n) is 4.06. The number of hydrogen-bond acceptors (Lipinski definition) is 4. The van der Waals surface area contributed by atoms with E-state index in [0.717, 1.165) is 0 Å². The normalized spacial score (nSPS) is 31.3. The summed E-state index contributed by atoms with van der Waals surface area (Å²) in [5.41, 5.74) is 0. The minimum Gasteiger partial charge on any atom is -0.464 e. The third-order valence-electron chi connectivity index (χ3n) is 2.32. The Morgan fingerprint density at radius 3 is 2.86 bits per heavy atom. The van der Waals surface area contributed by atoms with E-state index in [1.54, 1.807) is 0 Å². The summed E-state index contributed by atoms with van der Waals surface area (Å²) in [6.07, 6.45) is -1.56. The van der Waals surface area contributed by atoms with Gasteiger partial charge in [0.2, 0.25) is 5.91 Å². The summed E-state index contributed by atoms with van der Waals surface area (Å²) in [5.74, 6) is -1.27. The van der Waals surface area contributed by atoms with Crippen LogP contribution < -0.4 is 5.32 Å². The fourth-order valence-electron chi connectivity index (χ4n) is 1.61. The molecule has 2 aliphatic heterocycles. The predicted molar refractivity (Wildman–Crippen MR) is 41.5 cm³/mol. The zero-order valence-corrected chi connectivity index (χ0v) is 7.10. The Hall–Kier alpha value is -1.63. The molecule has 0 saturated carbocycles. The third kappa shape index (κ3) is 1.13. The van der Waals surface area contributed by atoms with E-state index in [4.69, 9.17) is 9.84 Å². The van der Waals surface area contributed by atoms with Gasteiger partial charge in [-0.1, -0.05) is 0 Å². The van der Waals surface area contributed by atoms with Gasteiger partial charge >= 0.3 is 12.1 Å². The molecule has 2 atom stereocenters. The third-order valence-corrected chi connectivity index (χ3v) is 2.32. The van der Waals surface area contributed by atoms with Gasteiger partial charge in [0.05, 0.1) is 25.2 Å². The number of rotatable bonds is 0. The number of hydrogen-bond donors (Lipinski definition) is 2. The molecular weight excluding hydrogens is 192 g/mol. The molecule has 76 valence electrons. The van der Waals surface area contributed by atoms with Crippen LogP contribution in [0.1, 0.15) is 0 Å². The molecule has 7 heteroatoms. The van der Waals surface area contributed by atoms with Gasteiger partial charge in [-0.15, -0.1) is 0 Å². The summed E-state index contributed by atoms with van der Waals surface area (Å²) in [7, 11) is 0. The topological polar surface area (TPSA) is 95.9 Å². The summed E-state index contributed by atoms with van der Waals surface area (Å²) < 4.78 is 4.98. The molecule has 0 aliphatic carbocycles. The molecule has 2 aliphatic rings. The molecular formula is C7H8N2O5. The minimum atomic E-state index is -1.56. The Bertz CT molecular complexity index is 315. The van der Waals surface area contributed by atoms with Gasteiger partial charge in [-0.3, -0.25) is 4.79 Å². The van der Waals surface area contributed by atoms with Crippen LogP contribution in [0.2, 0.25) is 0 Å². The maximum absolute atomic E-state index is 11.5. The van der Waals surface area contributed by atoms with E-state index in [9.17, 15) is 14.4 Å². The molecule has 0 bridgehead atoms. The lowest BCUT2D eigenvalue weighted by molar-refractivity contribution is -0.132. The Kier molecular flexibility index (Phi) is 1.88. The van der Waals surface area contributed by atoms with Crippen LogP contribution in [0.25, 0.3) is 0 Å². The fraction of sp³-hybridized carbons (Fsp3) is 0.571. The highest BCUT2D eigenvalue weighted by Gasteiger charge is 2.46. The molecule has 4 amide bonds. The van der Waals surface area contributed by atoms with Crippen molar-refractivity contribution < 1.29 is 24.2 Å². The van der Waals surface area contributed by atoms with Crippen molar-refractivity contribution >= 4 is 18.0 Å². The maximum Gasteiger partial charge on any atom is 0.422 e. The number of carbonyl (C=O) groups is 3. The van der Waals surface area contributed by atoms with E-state index in [1.807, 2.05) is 0 Å². The molecule has 2 N–H and O–H groups in total. The quantitative estimate of drug-likeness (QED) is 0.535. The molecule has 2 unspecified atom stereocenters. The fourth-order valence-corrected chi connectivity index (χ4v) is 1.61. The Balaban J connectivity index is 2.25. The number of ether oxygens (including phenoxy) is 1. The molecule has 0 spiro atoms. The number of imide groups is 3. The van der Waals surface area contributed by atoms with Crippen molar-refractivity contribution in [1.29, 1.82) is 0 Å². The van der Waals surface area contributed by atoms with Gasteiger partial charge in [0.15, 0.2) is 0 Å². The van der Waals surface area contributed by atoms with Crippen LogP contribution in [0.3, 0.4) is 0 Å². The van der Waals surface area contributed by atoms with Crippen LogP contribution in [0, 0.1) is 5.92 Å². The Morgan fingerprint density at radius 2 is 2.21 bits per heavy atom. The van der Waals surface area contributed by atoms with Crippen LogP contribution in [-0.4, -0.2) is 47.3 Å². The second kappa shape index (κ2) is 2.95. The standard InChI is InChI=1S/C7H8N2O5/c10-5-3-1-14-2-4(3)8-6(11)9(5)7(12)13/h3-4H,1-2H2,(H,8,11)(H,12,13). The molecule has 7 nitrogen and oxygen atoms in total. The Morgan fingerprint density at radius 1 is 1.50 bits per heavy atom. The molecule has 2 heterocycles. The molecule has 0 aromatic heterocycles. The van der Waals surface area contributed by atoms with Gasteiger partial charge in [0.25, 0.3) is 0 Å². The summed E-state index contributed by atoms with van der Waals surface area (Å²) in [6.45, 7) is 0.420. The first-order valence-corrected chi connectivity index (χ1v) is 4.06. The first kappa shape index (κ1) is 8.95. The molecule has 0 aromatic carbocycles. The molecule has 2 saturated heterocycles. The molecule has 14 heavy (non-hydrogen) atoms. The highest BCUT2D eigenvalue weighted by molar-refractivity contribution is 6.10. The van der Waals surface area contributed by atoms with Gasteiger partial charge in [0, 0.05) is 0 Å². The van der Waals surface area contributed by atoms with E-state index < -0.39 is 23.9 Å². The molecule has 2 fully saturated rings. The number of urea groups is 1. The lowest BCUT2D eigenvalue weighted by Gasteiger charge is -2.29. The van der Waals surface area contributed by atoms with Crippen molar-refractivity contribution in [2.45, 2.75) is 6.04 Å². The van der Waals surface area contributed by atoms with Crippen molar-refractivity contribution in [2.24, 2.45) is 5.92 Å². The first-order chi connectivity index (χ1) is 6.61. The van der Waals surface area contributed by atoms with Crippen molar-refractivity contribution in [3.05, 3.63) is 0 Å². The molecule has 0 radical (unpaired) electrons.